The van der Waals surface area contributed by atoms with Gasteiger partial charge in [-0.3, -0.25) is 19.3 Å². The molecule has 0 fully saturated rings. The Hall–Kier alpha value is -3.68. The number of nitrogens with zero attached hydrogens (tertiary/aromatic N) is 1. The minimum absolute atomic E-state index is 0.103. The minimum atomic E-state index is -0.652. The average molecular weight is 383 g/mol. The molecule has 1 aliphatic heterocycles. The summed E-state index contributed by atoms with van der Waals surface area (Å²) < 4.78 is 15.0. The summed E-state index contributed by atoms with van der Waals surface area (Å²) in [5, 5.41) is 0. The number of esters is 2. The first-order chi connectivity index (χ1) is 13.5. The number of benzene rings is 2. The van der Waals surface area contributed by atoms with Crippen LogP contribution in [-0.2, 0) is 9.53 Å². The molecular formula is C20H17NO7. The third-order valence-corrected chi connectivity index (χ3v) is 4.23. The van der Waals surface area contributed by atoms with E-state index in [0.717, 1.165) is 4.90 Å². The van der Waals surface area contributed by atoms with E-state index < -0.39 is 23.8 Å². The van der Waals surface area contributed by atoms with Crippen molar-refractivity contribution in [2.75, 3.05) is 20.8 Å². The van der Waals surface area contributed by atoms with Gasteiger partial charge in [0.25, 0.3) is 11.8 Å². The van der Waals surface area contributed by atoms with Crippen molar-refractivity contribution in [3.05, 3.63) is 59.2 Å². The molecule has 0 saturated carbocycles. The number of methoxy groups -OCH3 is 2. The molecule has 0 saturated heterocycles. The van der Waals surface area contributed by atoms with Gasteiger partial charge in [-0.1, -0.05) is 12.1 Å². The second-order valence-electron chi connectivity index (χ2n) is 5.89. The van der Waals surface area contributed by atoms with E-state index in [4.69, 9.17) is 9.47 Å². The largest absolute Gasteiger partial charge is 0.493 e. The van der Waals surface area contributed by atoms with Crippen molar-refractivity contribution in [2.45, 2.75) is 6.42 Å². The molecule has 0 radical (unpaired) electrons. The van der Waals surface area contributed by atoms with Crippen LogP contribution in [0, 0.1) is 0 Å². The van der Waals surface area contributed by atoms with E-state index in [2.05, 4.69) is 4.74 Å². The number of carbonyl (C=O) groups excluding carboxylic acids is 4. The van der Waals surface area contributed by atoms with Gasteiger partial charge in [-0.15, -0.1) is 0 Å². The van der Waals surface area contributed by atoms with E-state index in [1.54, 1.807) is 24.3 Å². The highest BCUT2D eigenvalue weighted by Gasteiger charge is 2.35. The third-order valence-electron chi connectivity index (χ3n) is 4.23. The molecule has 3 rings (SSSR count). The lowest BCUT2D eigenvalue weighted by Gasteiger charge is -2.14. The van der Waals surface area contributed by atoms with Gasteiger partial charge in [0.1, 0.15) is 0 Å². The average Bonchev–Trinajstić information content (AvgIpc) is 2.96. The Morgan fingerprint density at radius 2 is 1.57 bits per heavy atom. The smallest absolute Gasteiger partial charge is 0.337 e. The number of hydrogen-bond acceptors (Lipinski definition) is 7. The first-order valence-corrected chi connectivity index (χ1v) is 8.38. The van der Waals surface area contributed by atoms with E-state index in [1.165, 1.54) is 32.4 Å². The maximum absolute atomic E-state index is 12.3. The molecule has 28 heavy (non-hydrogen) atoms. The van der Waals surface area contributed by atoms with Crippen LogP contribution in [0.25, 0.3) is 0 Å². The maximum atomic E-state index is 12.3. The Kier molecular flexibility index (Phi) is 5.39. The van der Waals surface area contributed by atoms with Crippen molar-refractivity contribution in [3.63, 3.8) is 0 Å². The van der Waals surface area contributed by atoms with E-state index in [-0.39, 0.29) is 30.0 Å². The number of fused-ring (bicyclic) bond motifs is 1. The fourth-order valence-corrected chi connectivity index (χ4v) is 2.82. The number of amides is 2. The molecule has 0 aliphatic carbocycles. The summed E-state index contributed by atoms with van der Waals surface area (Å²) in [6.45, 7) is -0.103. The van der Waals surface area contributed by atoms with Crippen molar-refractivity contribution < 1.29 is 33.4 Å². The fraction of sp³-hybridized carbons (Fsp3) is 0.200. The second-order valence-corrected chi connectivity index (χ2v) is 5.89. The van der Waals surface area contributed by atoms with Crippen LogP contribution in [0.5, 0.6) is 11.5 Å². The van der Waals surface area contributed by atoms with Crippen LogP contribution in [0.2, 0.25) is 0 Å². The van der Waals surface area contributed by atoms with Gasteiger partial charge in [0.2, 0.25) is 0 Å². The Morgan fingerprint density at radius 3 is 2.14 bits per heavy atom. The van der Waals surface area contributed by atoms with Gasteiger partial charge >= 0.3 is 11.9 Å². The van der Waals surface area contributed by atoms with Crippen LogP contribution in [-0.4, -0.2) is 49.4 Å². The molecule has 0 unspecified atom stereocenters. The highest BCUT2D eigenvalue weighted by atomic mass is 16.6. The fourth-order valence-electron chi connectivity index (χ4n) is 2.82. The summed E-state index contributed by atoms with van der Waals surface area (Å²) >= 11 is 0. The summed E-state index contributed by atoms with van der Waals surface area (Å²) in [7, 11) is 2.62. The molecule has 0 spiro atoms. The van der Waals surface area contributed by atoms with Crippen molar-refractivity contribution in [2.24, 2.45) is 0 Å². The maximum Gasteiger partial charge on any atom is 0.337 e. The summed E-state index contributed by atoms with van der Waals surface area (Å²) in [5.74, 6) is -1.79. The zero-order chi connectivity index (χ0) is 20.3. The quantitative estimate of drug-likeness (QED) is 0.428. The summed E-state index contributed by atoms with van der Waals surface area (Å²) in [4.78, 5) is 49.4. The number of hydrogen-bond donors (Lipinski definition) is 0. The monoisotopic (exact) mass is 383 g/mol. The van der Waals surface area contributed by atoms with Gasteiger partial charge in [0, 0.05) is 6.54 Å². The predicted molar refractivity (Wildman–Crippen MR) is 96.4 cm³/mol. The van der Waals surface area contributed by atoms with Crippen molar-refractivity contribution in [3.8, 4) is 11.5 Å². The molecule has 1 heterocycles. The Bertz CT molecular complexity index is 932. The lowest BCUT2D eigenvalue weighted by atomic mass is 10.1. The highest BCUT2D eigenvalue weighted by Crippen LogP contribution is 2.29. The Morgan fingerprint density at radius 1 is 0.929 bits per heavy atom. The lowest BCUT2D eigenvalue weighted by Crippen LogP contribution is -2.32. The molecule has 144 valence electrons. The zero-order valence-electron chi connectivity index (χ0n) is 15.3. The van der Waals surface area contributed by atoms with Gasteiger partial charge in [0.05, 0.1) is 37.3 Å². The lowest BCUT2D eigenvalue weighted by molar-refractivity contribution is -0.134. The van der Waals surface area contributed by atoms with Gasteiger partial charge in [0.15, 0.2) is 11.5 Å². The highest BCUT2D eigenvalue weighted by molar-refractivity contribution is 6.21. The van der Waals surface area contributed by atoms with Crippen LogP contribution >= 0.6 is 0 Å². The van der Waals surface area contributed by atoms with Crippen molar-refractivity contribution in [1.82, 2.24) is 4.90 Å². The van der Waals surface area contributed by atoms with Gasteiger partial charge in [-0.05, 0) is 30.3 Å². The molecule has 0 atom stereocenters. The minimum Gasteiger partial charge on any atom is -0.493 e. The van der Waals surface area contributed by atoms with Crippen molar-refractivity contribution in [1.29, 1.82) is 0 Å². The van der Waals surface area contributed by atoms with Crippen LogP contribution in [0.4, 0.5) is 0 Å². The Labute approximate surface area is 160 Å². The third kappa shape index (κ3) is 3.57. The SMILES string of the molecule is COC(=O)c1ccc(OC(=O)CCN2C(=O)c3ccccc3C2=O)c(OC)c1. The molecule has 8 nitrogen and oxygen atoms in total. The van der Waals surface area contributed by atoms with Crippen LogP contribution in [0.3, 0.4) is 0 Å². The van der Waals surface area contributed by atoms with Gasteiger partial charge in [-0.2, -0.15) is 0 Å². The number of imide groups is 1. The van der Waals surface area contributed by atoms with E-state index in [9.17, 15) is 19.2 Å². The van der Waals surface area contributed by atoms with E-state index >= 15 is 0 Å². The van der Waals surface area contributed by atoms with Crippen LogP contribution in [0.1, 0.15) is 37.5 Å². The molecule has 2 aromatic carbocycles. The topological polar surface area (TPSA) is 99.2 Å². The number of carbonyl (C=O) groups is 4. The molecule has 0 N–H and O–H groups in total. The van der Waals surface area contributed by atoms with Crippen LogP contribution < -0.4 is 9.47 Å². The number of ether oxygens (including phenoxy) is 3. The van der Waals surface area contributed by atoms with Crippen molar-refractivity contribution >= 4 is 23.8 Å². The number of rotatable bonds is 6. The summed E-state index contributed by atoms with van der Waals surface area (Å²) in [5.41, 5.74) is 0.882. The first kappa shape index (κ1) is 19.1. The molecule has 2 aromatic rings. The van der Waals surface area contributed by atoms with Crippen LogP contribution in [0.15, 0.2) is 42.5 Å². The first-order valence-electron chi connectivity index (χ1n) is 8.38. The zero-order valence-corrected chi connectivity index (χ0v) is 15.3. The molecule has 0 bridgehead atoms. The summed E-state index contributed by atoms with van der Waals surface area (Å²) in [6, 6.07) is 10.7. The molecule has 1 aliphatic rings. The molecule has 8 heteroatoms. The normalized spacial score (nSPS) is 12.6. The predicted octanol–water partition coefficient (Wildman–Crippen LogP) is 2.07. The standard InChI is InChI=1S/C20H17NO7/c1-26-16-11-12(20(25)27-2)7-8-15(16)28-17(22)9-10-21-18(23)13-5-3-4-6-14(13)19(21)24/h3-8,11H,9-10H2,1-2H3. The van der Waals surface area contributed by atoms with Gasteiger partial charge < -0.3 is 14.2 Å². The van der Waals surface area contributed by atoms with E-state index in [1.807, 2.05) is 0 Å². The molecule has 2 amide bonds. The van der Waals surface area contributed by atoms with E-state index in [0.29, 0.717) is 11.1 Å². The van der Waals surface area contributed by atoms with Gasteiger partial charge in [-0.25, -0.2) is 4.79 Å². The summed E-state index contributed by atoms with van der Waals surface area (Å²) in [6.07, 6.45) is -0.187. The molecular weight excluding hydrogens is 366 g/mol. The second kappa shape index (κ2) is 7.91. The molecule has 0 aromatic heterocycles. The Balaban J connectivity index is 1.65.